The van der Waals surface area contributed by atoms with Crippen LogP contribution in [0, 0.1) is 11.3 Å². The van der Waals surface area contributed by atoms with E-state index < -0.39 is 53.0 Å². The quantitative estimate of drug-likeness (QED) is 0.181. The first-order chi connectivity index (χ1) is 19.4. The Labute approximate surface area is 240 Å². The number of aliphatic carboxylic acids is 2. The number of rotatable bonds is 12. The van der Waals surface area contributed by atoms with Gasteiger partial charge in [0.2, 0.25) is 5.91 Å². The summed E-state index contributed by atoms with van der Waals surface area (Å²) in [5.41, 5.74) is 0.549. The summed E-state index contributed by atoms with van der Waals surface area (Å²) in [6.07, 6.45) is -0.0351. The fourth-order valence-corrected chi connectivity index (χ4v) is 6.63. The minimum Gasteiger partial charge on any atom is -0.543 e. The Kier molecular flexibility index (Phi) is 8.50. The Balaban J connectivity index is 1.35. The van der Waals surface area contributed by atoms with Crippen LogP contribution < -0.4 is 10.4 Å². The highest BCUT2D eigenvalue weighted by Gasteiger charge is 2.53. The molecule has 1 saturated heterocycles. The molecule has 3 atom stereocenters. The largest absolute Gasteiger partial charge is 0.543 e. The molecule has 3 heterocycles. The molecule has 3 aliphatic heterocycles. The Morgan fingerprint density at radius 3 is 2.39 bits per heavy atom. The fourth-order valence-electron chi connectivity index (χ4n) is 5.30. The normalized spacial score (nSPS) is 20.7. The molecule has 0 bridgehead atoms. The lowest BCUT2D eigenvalue weighted by atomic mass is 10.0. The minimum absolute atomic E-state index is 0.0166. The summed E-state index contributed by atoms with van der Waals surface area (Å²) < 4.78 is 0.352. The first-order valence-electron chi connectivity index (χ1n) is 12.9. The zero-order valence-electron chi connectivity index (χ0n) is 22.5. The number of nitrogens with one attached hydrogen (secondary N) is 1. The third-order valence-electron chi connectivity index (χ3n) is 7.31. The summed E-state index contributed by atoms with van der Waals surface area (Å²) >= 11 is 1.31. The highest BCUT2D eigenvalue weighted by molar-refractivity contribution is 8.00. The van der Waals surface area contributed by atoms with Gasteiger partial charge in [0.1, 0.15) is 24.0 Å². The molecule has 2 N–H and O–H groups in total. The number of imide groups is 1. The maximum absolute atomic E-state index is 12.9. The molecule has 1 fully saturated rings. The van der Waals surface area contributed by atoms with E-state index in [2.05, 4.69) is 11.4 Å². The Hall–Kier alpha value is -4.22. The van der Waals surface area contributed by atoms with Gasteiger partial charge in [0.05, 0.1) is 55.9 Å². The molecule has 216 valence electrons. The summed E-state index contributed by atoms with van der Waals surface area (Å²) in [5.74, 6) is -5.12. The molecular weight excluding hydrogens is 554 g/mol. The van der Waals surface area contributed by atoms with Gasteiger partial charge in [-0.25, -0.2) is 4.79 Å². The number of nitrogens with zero attached hydrogens (tertiary/aromatic N) is 4. The number of hydrogen-bond donors (Lipinski definition) is 2. The maximum atomic E-state index is 12.9. The van der Waals surface area contributed by atoms with E-state index in [4.69, 9.17) is 5.26 Å². The van der Waals surface area contributed by atoms with E-state index >= 15 is 0 Å². The van der Waals surface area contributed by atoms with Crippen molar-refractivity contribution in [3.8, 4) is 6.07 Å². The predicted molar refractivity (Wildman–Crippen MR) is 141 cm³/mol. The number of thioether (sulfide) groups is 1. The number of carbonyl (C=O) groups is 6. The lowest BCUT2D eigenvalue weighted by Gasteiger charge is -2.51. The number of fused-ring (bicyclic) bond motifs is 2. The molecule has 14 heteroatoms. The average Bonchev–Trinajstić information content (AvgIpc) is 3.17. The van der Waals surface area contributed by atoms with Crippen LogP contribution in [-0.2, 0) is 19.2 Å². The smallest absolute Gasteiger partial charge is 0.326 e. The van der Waals surface area contributed by atoms with Gasteiger partial charge in [0, 0.05) is 17.7 Å². The van der Waals surface area contributed by atoms with Crippen molar-refractivity contribution in [3.63, 3.8) is 0 Å². The molecule has 1 unspecified atom stereocenters. The second-order valence-electron chi connectivity index (χ2n) is 10.7. The molecule has 4 amide bonds. The zero-order valence-corrected chi connectivity index (χ0v) is 23.3. The Morgan fingerprint density at radius 2 is 1.83 bits per heavy atom. The molecule has 1 aromatic rings. The van der Waals surface area contributed by atoms with Crippen molar-refractivity contribution >= 4 is 47.3 Å². The number of benzene rings is 1. The van der Waals surface area contributed by atoms with Crippen LogP contribution in [0.1, 0.15) is 46.4 Å². The highest BCUT2D eigenvalue weighted by atomic mass is 32.2. The molecule has 0 spiro atoms. The summed E-state index contributed by atoms with van der Waals surface area (Å²) in [6.45, 7) is 0.806. The van der Waals surface area contributed by atoms with Crippen molar-refractivity contribution in [2.75, 3.05) is 32.9 Å². The van der Waals surface area contributed by atoms with E-state index in [1.54, 1.807) is 12.1 Å². The van der Waals surface area contributed by atoms with Gasteiger partial charge >= 0.3 is 5.97 Å². The minimum atomic E-state index is -1.49. The number of carboxylic acid groups (broad SMARTS) is 2. The fraction of sp³-hybridized carbons (Fsp3) is 0.444. The van der Waals surface area contributed by atoms with E-state index in [9.17, 15) is 39.0 Å². The Morgan fingerprint density at radius 1 is 1.20 bits per heavy atom. The summed E-state index contributed by atoms with van der Waals surface area (Å²) in [4.78, 5) is 76.7. The summed E-state index contributed by atoms with van der Waals surface area (Å²) in [5, 5.41) is 32.5. The van der Waals surface area contributed by atoms with Gasteiger partial charge in [-0.1, -0.05) is 12.1 Å². The van der Waals surface area contributed by atoms with E-state index in [1.165, 1.54) is 23.9 Å². The standard InChI is InChI=1S/C27H29N5O8S/c1-32(2,12-6-11-28)13-15-14-41-25-20(24(36)31(25)21(15)27(39)40)29-19(33)10-5-9-18(26(37)38)30-22(34)16-7-3-4-8-17(16)23(30)35/h3-4,7-8,18,20,25H,5-6,9-10,12-14H2,1-2H3,(H2-,29,33,37,38,39,40)/t18?,20-,25+/m1/s1. The van der Waals surface area contributed by atoms with Crippen molar-refractivity contribution in [2.45, 2.75) is 43.1 Å². The van der Waals surface area contributed by atoms with Crippen molar-refractivity contribution in [2.24, 2.45) is 0 Å². The number of carbonyl (C=O) groups excluding carboxylic acids is 5. The van der Waals surface area contributed by atoms with Gasteiger partial charge < -0.3 is 24.8 Å². The first kappa shape index (κ1) is 29.8. The second kappa shape index (κ2) is 11.7. The van der Waals surface area contributed by atoms with Crippen molar-refractivity contribution in [1.29, 1.82) is 5.26 Å². The van der Waals surface area contributed by atoms with Gasteiger partial charge in [-0.2, -0.15) is 5.26 Å². The third-order valence-corrected chi connectivity index (χ3v) is 8.65. The molecule has 3 aliphatic rings. The number of carboxylic acids is 2. The van der Waals surface area contributed by atoms with E-state index in [0.29, 0.717) is 40.2 Å². The van der Waals surface area contributed by atoms with E-state index in [0.717, 1.165) is 4.90 Å². The van der Waals surface area contributed by atoms with Gasteiger partial charge in [0.25, 0.3) is 17.7 Å². The lowest BCUT2D eigenvalue weighted by Crippen LogP contribution is -2.71. The van der Waals surface area contributed by atoms with E-state index in [-0.39, 0.29) is 36.1 Å². The van der Waals surface area contributed by atoms with Gasteiger partial charge in [-0.05, 0) is 25.0 Å². The topological polar surface area (TPSA) is 188 Å². The number of β-lactam (4-membered cyclic amide) rings is 1. The molecule has 0 radical (unpaired) electrons. The number of amides is 4. The third kappa shape index (κ3) is 5.82. The second-order valence-corrected chi connectivity index (χ2v) is 11.8. The van der Waals surface area contributed by atoms with Crippen LogP contribution in [0.4, 0.5) is 0 Å². The van der Waals surface area contributed by atoms with Crippen LogP contribution in [0.15, 0.2) is 35.5 Å². The molecule has 13 nitrogen and oxygen atoms in total. The van der Waals surface area contributed by atoms with Crippen LogP contribution in [0.5, 0.6) is 0 Å². The molecule has 4 rings (SSSR count). The van der Waals surface area contributed by atoms with Crippen LogP contribution in [0.25, 0.3) is 0 Å². The number of hydrogen-bond acceptors (Lipinski definition) is 9. The van der Waals surface area contributed by atoms with Crippen molar-refractivity contribution in [3.05, 3.63) is 46.7 Å². The molecule has 1 aromatic carbocycles. The summed E-state index contributed by atoms with van der Waals surface area (Å²) in [7, 11) is 3.72. The highest BCUT2D eigenvalue weighted by Crippen LogP contribution is 2.40. The maximum Gasteiger partial charge on any atom is 0.326 e. The monoisotopic (exact) mass is 583 g/mol. The Bertz CT molecular complexity index is 1360. The van der Waals surface area contributed by atoms with Crippen LogP contribution in [0.2, 0.25) is 0 Å². The van der Waals surface area contributed by atoms with Gasteiger partial charge in [-0.15, -0.1) is 11.8 Å². The van der Waals surface area contributed by atoms with E-state index in [1.807, 2.05) is 14.1 Å². The van der Waals surface area contributed by atoms with Crippen molar-refractivity contribution in [1.82, 2.24) is 15.1 Å². The summed E-state index contributed by atoms with van der Waals surface area (Å²) in [6, 6.07) is 5.69. The van der Waals surface area contributed by atoms with Crippen LogP contribution in [-0.4, -0.2) is 105 Å². The molecule has 41 heavy (non-hydrogen) atoms. The zero-order chi connectivity index (χ0) is 30.1. The number of nitriles is 1. The number of likely N-dealkylation sites (N-methyl/N-ethyl adjacent to an activating group) is 1. The SMILES string of the molecule is C[N+](C)(CCC#N)CC1=C(C(=O)[O-])N2C(=O)[C@@H](NC(=O)CCCC(C(=O)O)N3C(=O)c4ccccc4C3=O)[C@@H]2SC1. The average molecular weight is 584 g/mol. The van der Waals surface area contributed by atoms with Crippen molar-refractivity contribution < 1.29 is 43.5 Å². The predicted octanol–water partition coefficient (Wildman–Crippen LogP) is -0.700. The first-order valence-corrected chi connectivity index (χ1v) is 14.0. The molecule has 0 aromatic heterocycles. The molecular formula is C27H29N5O8S. The van der Waals surface area contributed by atoms with Gasteiger partial charge in [0.15, 0.2) is 0 Å². The van der Waals surface area contributed by atoms with Crippen LogP contribution >= 0.6 is 11.8 Å². The number of quaternary nitrogens is 1. The van der Waals surface area contributed by atoms with Crippen LogP contribution in [0.3, 0.4) is 0 Å². The lowest BCUT2D eigenvalue weighted by molar-refractivity contribution is -0.885. The molecule has 0 aliphatic carbocycles. The van der Waals surface area contributed by atoms with Gasteiger partial charge in [-0.3, -0.25) is 29.0 Å². The molecule has 0 saturated carbocycles.